The quantitative estimate of drug-likeness (QED) is 0.549. The van der Waals surface area contributed by atoms with Crippen LogP contribution in [-0.2, 0) is 0 Å². The molecule has 0 atom stereocenters. The zero-order chi connectivity index (χ0) is 24.7. The Kier molecular flexibility index (Phi) is 6.39. The number of rotatable bonds is 4. The first-order chi connectivity index (χ1) is 16.8. The van der Waals surface area contributed by atoms with E-state index in [0.29, 0.717) is 38.5 Å². The van der Waals surface area contributed by atoms with Gasteiger partial charge in [0, 0.05) is 45.1 Å². The van der Waals surface area contributed by atoms with E-state index < -0.39 is 0 Å². The molecule has 0 saturated carbocycles. The molecule has 0 bridgehead atoms. The Morgan fingerprint density at radius 1 is 1.03 bits per heavy atom. The molecule has 182 valence electrons. The summed E-state index contributed by atoms with van der Waals surface area (Å²) in [5, 5.41) is 3.80. The van der Waals surface area contributed by atoms with E-state index in [9.17, 15) is 9.18 Å². The lowest BCUT2D eigenvalue weighted by molar-refractivity contribution is 0.0982. The Morgan fingerprint density at radius 2 is 1.74 bits per heavy atom. The Bertz CT molecular complexity index is 1260. The number of hydrogen-bond acceptors (Lipinski definition) is 7. The third-order valence-corrected chi connectivity index (χ3v) is 6.82. The van der Waals surface area contributed by atoms with Crippen molar-refractivity contribution in [2.24, 2.45) is 0 Å². The molecule has 1 N–H and O–H groups in total. The number of para-hydroxylation sites is 1. The third-order valence-electron chi connectivity index (χ3n) is 6.21. The molecule has 0 aliphatic carbocycles. The van der Waals surface area contributed by atoms with Crippen molar-refractivity contribution in [3.63, 3.8) is 0 Å². The van der Waals surface area contributed by atoms with Gasteiger partial charge in [-0.25, -0.2) is 9.37 Å². The standard InChI is InChI=1S/C24H24Cl2FN7O/c1-31-8-10-33(11-9-31)20-7-6-15(12-19(20)27)29-24-28-13-16-22(30-24)32(2)14-34(23(16)35)21-17(25)4-3-5-18(21)26/h3-7,12-13H,8-11,14H2,1-2H3,(H,28,29,30). The van der Waals surface area contributed by atoms with Crippen LogP contribution in [0.3, 0.4) is 0 Å². The van der Waals surface area contributed by atoms with Crippen LogP contribution in [0.1, 0.15) is 10.4 Å². The highest BCUT2D eigenvalue weighted by Gasteiger charge is 2.32. The van der Waals surface area contributed by atoms with Gasteiger partial charge in [-0.2, -0.15) is 4.98 Å². The summed E-state index contributed by atoms with van der Waals surface area (Å²) in [6, 6.07) is 10.1. The molecule has 1 aromatic heterocycles. The molecule has 0 spiro atoms. The second kappa shape index (κ2) is 9.49. The maximum Gasteiger partial charge on any atom is 0.265 e. The van der Waals surface area contributed by atoms with Gasteiger partial charge in [-0.3, -0.25) is 9.69 Å². The Morgan fingerprint density at radius 3 is 2.43 bits per heavy atom. The number of nitrogens with zero attached hydrogens (tertiary/aromatic N) is 6. The number of carbonyl (C=O) groups is 1. The van der Waals surface area contributed by atoms with Crippen LogP contribution in [0, 0.1) is 5.82 Å². The van der Waals surface area contributed by atoms with E-state index in [2.05, 4.69) is 27.2 Å². The molecule has 3 aromatic rings. The lowest BCUT2D eigenvalue weighted by Crippen LogP contribution is -2.46. The summed E-state index contributed by atoms with van der Waals surface area (Å²) in [5.74, 6) is 0.111. The van der Waals surface area contributed by atoms with Crippen LogP contribution in [0.25, 0.3) is 0 Å². The lowest BCUT2D eigenvalue weighted by atomic mass is 10.2. The predicted molar refractivity (Wildman–Crippen MR) is 138 cm³/mol. The summed E-state index contributed by atoms with van der Waals surface area (Å²) in [7, 11) is 3.87. The van der Waals surface area contributed by atoms with E-state index in [1.165, 1.54) is 17.2 Å². The van der Waals surface area contributed by atoms with E-state index in [-0.39, 0.29) is 24.3 Å². The number of anilines is 5. The van der Waals surface area contributed by atoms with Gasteiger partial charge in [-0.05, 0) is 37.4 Å². The van der Waals surface area contributed by atoms with Crippen LogP contribution in [0.4, 0.5) is 33.2 Å². The minimum atomic E-state index is -0.308. The van der Waals surface area contributed by atoms with E-state index in [1.807, 2.05) is 11.9 Å². The molecule has 1 amide bonds. The minimum absolute atomic E-state index is 0.208. The first-order valence-electron chi connectivity index (χ1n) is 11.2. The second-order valence-corrected chi connectivity index (χ2v) is 9.47. The highest BCUT2D eigenvalue weighted by molar-refractivity contribution is 6.40. The maximum absolute atomic E-state index is 14.9. The number of carbonyl (C=O) groups excluding carboxylic acids is 1. The highest BCUT2D eigenvalue weighted by atomic mass is 35.5. The number of likely N-dealkylation sites (N-methyl/N-ethyl adjacent to an activating group) is 1. The number of fused-ring (bicyclic) bond motifs is 1. The number of nitrogens with one attached hydrogen (secondary N) is 1. The third kappa shape index (κ3) is 4.59. The number of hydrogen-bond donors (Lipinski definition) is 1. The average Bonchev–Trinajstić information content (AvgIpc) is 2.83. The Balaban J connectivity index is 1.36. The molecule has 0 unspecified atom stereocenters. The van der Waals surface area contributed by atoms with Crippen LogP contribution in [0.15, 0.2) is 42.6 Å². The number of amides is 1. The average molecular weight is 516 g/mol. The topological polar surface area (TPSA) is 67.8 Å². The van der Waals surface area contributed by atoms with Crippen LogP contribution >= 0.6 is 23.2 Å². The zero-order valence-corrected chi connectivity index (χ0v) is 20.8. The Labute approximate surface area is 212 Å². The summed E-state index contributed by atoms with van der Waals surface area (Å²) in [6.45, 7) is 3.57. The van der Waals surface area contributed by atoms with E-state index >= 15 is 0 Å². The fourth-order valence-corrected chi connectivity index (χ4v) is 4.90. The van der Waals surface area contributed by atoms with Gasteiger partial charge in [0.15, 0.2) is 0 Å². The predicted octanol–water partition coefficient (Wildman–Crippen LogP) is 4.47. The van der Waals surface area contributed by atoms with Crippen molar-refractivity contribution in [3.8, 4) is 0 Å². The lowest BCUT2D eigenvalue weighted by Gasteiger charge is -2.35. The fraction of sp³-hybridized carbons (Fsp3) is 0.292. The van der Waals surface area contributed by atoms with Crippen molar-refractivity contribution in [2.45, 2.75) is 0 Å². The smallest absolute Gasteiger partial charge is 0.265 e. The molecule has 1 fully saturated rings. The monoisotopic (exact) mass is 515 g/mol. The minimum Gasteiger partial charge on any atom is -0.367 e. The van der Waals surface area contributed by atoms with Crippen LogP contribution < -0.4 is 20.0 Å². The van der Waals surface area contributed by atoms with E-state index in [1.54, 1.807) is 35.2 Å². The van der Waals surface area contributed by atoms with Gasteiger partial charge in [0.05, 0.1) is 28.1 Å². The molecule has 3 heterocycles. The van der Waals surface area contributed by atoms with Crippen molar-refractivity contribution in [2.75, 3.05) is 67.0 Å². The largest absolute Gasteiger partial charge is 0.367 e. The summed E-state index contributed by atoms with van der Waals surface area (Å²) in [6.07, 6.45) is 1.45. The summed E-state index contributed by atoms with van der Waals surface area (Å²) in [4.78, 5) is 29.6. The second-order valence-electron chi connectivity index (χ2n) is 8.66. The van der Waals surface area contributed by atoms with Gasteiger partial charge < -0.3 is 20.0 Å². The van der Waals surface area contributed by atoms with Gasteiger partial charge in [0.25, 0.3) is 5.91 Å². The van der Waals surface area contributed by atoms with Gasteiger partial charge in [-0.15, -0.1) is 0 Å². The molecule has 2 aliphatic heterocycles. The van der Waals surface area contributed by atoms with Crippen molar-refractivity contribution in [1.29, 1.82) is 0 Å². The first kappa shape index (κ1) is 23.6. The van der Waals surface area contributed by atoms with E-state index in [4.69, 9.17) is 23.2 Å². The van der Waals surface area contributed by atoms with Crippen LogP contribution in [0.5, 0.6) is 0 Å². The number of piperazine rings is 1. The zero-order valence-electron chi connectivity index (χ0n) is 19.3. The molecular formula is C24H24Cl2FN7O. The number of halogens is 3. The van der Waals surface area contributed by atoms with Gasteiger partial charge in [-0.1, -0.05) is 29.3 Å². The van der Waals surface area contributed by atoms with Crippen molar-refractivity contribution in [3.05, 3.63) is 64.0 Å². The summed E-state index contributed by atoms with van der Waals surface area (Å²) in [5.41, 5.74) is 1.86. The normalized spacial score (nSPS) is 16.5. The molecule has 8 nitrogen and oxygen atoms in total. The summed E-state index contributed by atoms with van der Waals surface area (Å²) >= 11 is 12.6. The van der Waals surface area contributed by atoms with Gasteiger partial charge in [0.2, 0.25) is 5.95 Å². The number of aromatic nitrogens is 2. The van der Waals surface area contributed by atoms with Crippen molar-refractivity contribution < 1.29 is 9.18 Å². The fourth-order valence-electron chi connectivity index (χ4n) is 4.30. The summed E-state index contributed by atoms with van der Waals surface area (Å²) < 4.78 is 14.9. The van der Waals surface area contributed by atoms with Crippen LogP contribution in [0.2, 0.25) is 10.0 Å². The SMILES string of the molecule is CN1CCN(c2ccc(Nc3ncc4c(n3)N(C)CN(c3c(Cl)cccc3Cl)C4=O)cc2F)CC1. The van der Waals surface area contributed by atoms with Crippen molar-refractivity contribution >= 4 is 57.9 Å². The molecule has 1 saturated heterocycles. The maximum atomic E-state index is 14.9. The molecule has 2 aromatic carbocycles. The number of benzene rings is 2. The molecule has 11 heteroatoms. The molecule has 5 rings (SSSR count). The highest BCUT2D eigenvalue weighted by Crippen LogP contribution is 2.37. The first-order valence-corrected chi connectivity index (χ1v) is 11.9. The molecule has 35 heavy (non-hydrogen) atoms. The van der Waals surface area contributed by atoms with E-state index in [0.717, 1.165) is 26.2 Å². The van der Waals surface area contributed by atoms with Gasteiger partial charge in [0.1, 0.15) is 17.2 Å². The molecular weight excluding hydrogens is 492 g/mol. The Hall–Kier alpha value is -3.14. The molecule has 2 aliphatic rings. The van der Waals surface area contributed by atoms with Crippen LogP contribution in [-0.4, -0.2) is 67.7 Å². The molecule has 0 radical (unpaired) electrons. The van der Waals surface area contributed by atoms with Crippen molar-refractivity contribution in [1.82, 2.24) is 14.9 Å². The van der Waals surface area contributed by atoms with Gasteiger partial charge >= 0.3 is 0 Å².